The number of carbonyl (C=O) groups is 1. The molecule has 1 N–H and O–H groups in total. The molecule has 6 heteroatoms. The van der Waals surface area contributed by atoms with Gasteiger partial charge in [-0.25, -0.2) is 13.2 Å². The van der Waals surface area contributed by atoms with Crippen LogP contribution in [0, 0.1) is 0 Å². The molecule has 0 fully saturated rings. The minimum Gasteiger partial charge on any atom is -0.478 e. The Balaban J connectivity index is 2.27. The van der Waals surface area contributed by atoms with Crippen LogP contribution in [0.4, 0.5) is 0 Å². The Morgan fingerprint density at radius 3 is 2.40 bits per heavy atom. The first-order valence-electron chi connectivity index (χ1n) is 5.66. The maximum Gasteiger partial charge on any atom is 0.328 e. The van der Waals surface area contributed by atoms with Crippen molar-refractivity contribution < 1.29 is 22.7 Å². The van der Waals surface area contributed by atoms with Gasteiger partial charge in [0.25, 0.3) is 0 Å². The molecule has 0 aliphatic carbocycles. The zero-order chi connectivity index (χ0) is 14.8. The molecule has 1 aromatic carbocycles. The molecular weight excluding hydrogens is 280 g/mol. The monoisotopic (exact) mass is 292 g/mol. The van der Waals surface area contributed by atoms with Crippen LogP contribution >= 0.6 is 0 Å². The van der Waals surface area contributed by atoms with Crippen LogP contribution in [0.2, 0.25) is 0 Å². The third-order valence-electron chi connectivity index (χ3n) is 2.63. The number of rotatable bonds is 4. The van der Waals surface area contributed by atoms with E-state index in [4.69, 9.17) is 9.52 Å². The summed E-state index contributed by atoms with van der Waals surface area (Å²) < 4.78 is 27.9. The van der Waals surface area contributed by atoms with Gasteiger partial charge in [-0.1, -0.05) is 12.1 Å². The molecule has 0 spiro atoms. The largest absolute Gasteiger partial charge is 0.478 e. The second kappa shape index (κ2) is 5.34. The summed E-state index contributed by atoms with van der Waals surface area (Å²) in [5, 5.41) is 8.52. The standard InChI is InChI=1S/C14H12O5S/c1-20(17,18)13-5-2-10(3-6-13)11-8-12(19-9-11)4-7-14(15)16/h2-9H,1H3,(H,15,16)/b7-4+. The Hall–Kier alpha value is -2.34. The van der Waals surface area contributed by atoms with Crippen LogP contribution in [0.25, 0.3) is 17.2 Å². The molecule has 2 aromatic rings. The molecule has 0 amide bonds. The molecule has 0 atom stereocenters. The third-order valence-corrected chi connectivity index (χ3v) is 3.75. The number of carboxylic acid groups (broad SMARTS) is 1. The van der Waals surface area contributed by atoms with E-state index >= 15 is 0 Å². The zero-order valence-corrected chi connectivity index (χ0v) is 11.4. The Labute approximate surface area is 116 Å². The second-order valence-electron chi connectivity index (χ2n) is 4.21. The second-order valence-corrected chi connectivity index (χ2v) is 6.22. The van der Waals surface area contributed by atoms with Crippen molar-refractivity contribution in [2.45, 2.75) is 4.90 Å². The summed E-state index contributed by atoms with van der Waals surface area (Å²) in [5.41, 5.74) is 1.53. The summed E-state index contributed by atoms with van der Waals surface area (Å²) in [6.45, 7) is 0. The smallest absolute Gasteiger partial charge is 0.328 e. The summed E-state index contributed by atoms with van der Waals surface area (Å²) in [6.07, 6.45) is 4.96. The van der Waals surface area contributed by atoms with Crippen molar-refractivity contribution in [2.75, 3.05) is 6.26 Å². The number of sulfone groups is 1. The molecule has 0 aliphatic heterocycles. The fraction of sp³-hybridized carbons (Fsp3) is 0.0714. The van der Waals surface area contributed by atoms with Gasteiger partial charge in [0, 0.05) is 17.9 Å². The fourth-order valence-electron chi connectivity index (χ4n) is 1.64. The summed E-state index contributed by atoms with van der Waals surface area (Å²) >= 11 is 0. The maximum absolute atomic E-state index is 11.4. The quantitative estimate of drug-likeness (QED) is 0.875. The fourth-order valence-corrected chi connectivity index (χ4v) is 2.27. The van der Waals surface area contributed by atoms with Crippen molar-refractivity contribution in [3.8, 4) is 11.1 Å². The van der Waals surface area contributed by atoms with Crippen LogP contribution in [0.1, 0.15) is 5.76 Å². The minimum absolute atomic E-state index is 0.246. The van der Waals surface area contributed by atoms with E-state index in [1.807, 2.05) is 0 Å². The van der Waals surface area contributed by atoms with Crippen molar-refractivity contribution in [2.24, 2.45) is 0 Å². The SMILES string of the molecule is CS(=O)(=O)c1ccc(-c2coc(/C=C/C(=O)O)c2)cc1. The van der Waals surface area contributed by atoms with E-state index in [2.05, 4.69) is 0 Å². The van der Waals surface area contributed by atoms with Crippen molar-refractivity contribution in [1.82, 2.24) is 0 Å². The topological polar surface area (TPSA) is 84.6 Å². The number of carboxylic acids is 1. The average molecular weight is 292 g/mol. The average Bonchev–Trinajstić information content (AvgIpc) is 2.84. The molecule has 0 bridgehead atoms. The van der Waals surface area contributed by atoms with Gasteiger partial charge in [0.1, 0.15) is 5.76 Å². The van der Waals surface area contributed by atoms with Gasteiger partial charge in [-0.3, -0.25) is 0 Å². The molecule has 0 radical (unpaired) electrons. The van der Waals surface area contributed by atoms with Gasteiger partial charge in [-0.2, -0.15) is 0 Å². The van der Waals surface area contributed by atoms with E-state index in [1.54, 1.807) is 18.2 Å². The lowest BCUT2D eigenvalue weighted by molar-refractivity contribution is -0.131. The normalized spacial score (nSPS) is 11.8. The number of furan rings is 1. The lowest BCUT2D eigenvalue weighted by atomic mass is 10.1. The highest BCUT2D eigenvalue weighted by Gasteiger charge is 2.08. The van der Waals surface area contributed by atoms with Gasteiger partial charge in [-0.15, -0.1) is 0 Å². The van der Waals surface area contributed by atoms with Crippen LogP contribution in [0.15, 0.2) is 52.0 Å². The van der Waals surface area contributed by atoms with E-state index in [-0.39, 0.29) is 4.90 Å². The molecule has 0 saturated carbocycles. The highest BCUT2D eigenvalue weighted by atomic mass is 32.2. The molecule has 0 aliphatic rings. The summed E-state index contributed by atoms with van der Waals surface area (Å²) in [6, 6.07) is 8.06. The van der Waals surface area contributed by atoms with E-state index < -0.39 is 15.8 Å². The van der Waals surface area contributed by atoms with Crippen molar-refractivity contribution in [3.63, 3.8) is 0 Å². The van der Waals surface area contributed by atoms with E-state index in [0.29, 0.717) is 5.76 Å². The molecule has 1 heterocycles. The first kappa shape index (κ1) is 14.1. The maximum atomic E-state index is 11.4. The highest BCUT2D eigenvalue weighted by molar-refractivity contribution is 7.90. The molecule has 0 unspecified atom stereocenters. The van der Waals surface area contributed by atoms with E-state index in [9.17, 15) is 13.2 Å². The van der Waals surface area contributed by atoms with Gasteiger partial charge in [0.05, 0.1) is 11.2 Å². The number of benzene rings is 1. The van der Waals surface area contributed by atoms with Gasteiger partial charge < -0.3 is 9.52 Å². The Bertz CT molecular complexity index is 751. The van der Waals surface area contributed by atoms with Crippen LogP contribution in [0.3, 0.4) is 0 Å². The van der Waals surface area contributed by atoms with Crippen molar-refractivity contribution >= 4 is 21.9 Å². The Morgan fingerprint density at radius 2 is 1.85 bits per heavy atom. The number of hydrogen-bond acceptors (Lipinski definition) is 4. The Morgan fingerprint density at radius 1 is 1.20 bits per heavy atom. The van der Waals surface area contributed by atoms with Gasteiger partial charge in [-0.05, 0) is 29.8 Å². The molecule has 1 aromatic heterocycles. The van der Waals surface area contributed by atoms with E-state index in [1.165, 1.54) is 24.5 Å². The lowest BCUT2D eigenvalue weighted by Gasteiger charge is -2.00. The first-order valence-corrected chi connectivity index (χ1v) is 7.55. The molecule has 0 saturated heterocycles. The number of hydrogen-bond donors (Lipinski definition) is 1. The van der Waals surface area contributed by atoms with Crippen LogP contribution in [-0.2, 0) is 14.6 Å². The van der Waals surface area contributed by atoms with Gasteiger partial charge in [0.15, 0.2) is 9.84 Å². The predicted molar refractivity (Wildman–Crippen MR) is 73.9 cm³/mol. The van der Waals surface area contributed by atoms with Crippen LogP contribution in [-0.4, -0.2) is 25.7 Å². The summed E-state index contributed by atoms with van der Waals surface area (Å²) in [7, 11) is -3.21. The Kier molecular flexibility index (Phi) is 3.76. The van der Waals surface area contributed by atoms with Crippen molar-refractivity contribution in [1.29, 1.82) is 0 Å². The lowest BCUT2D eigenvalue weighted by Crippen LogP contribution is -1.95. The molecule has 5 nitrogen and oxygen atoms in total. The molecule has 20 heavy (non-hydrogen) atoms. The van der Waals surface area contributed by atoms with Crippen molar-refractivity contribution in [3.05, 3.63) is 48.4 Å². The molecule has 104 valence electrons. The first-order chi connectivity index (χ1) is 9.36. The highest BCUT2D eigenvalue weighted by Crippen LogP contribution is 2.24. The van der Waals surface area contributed by atoms with Gasteiger partial charge >= 0.3 is 5.97 Å². The zero-order valence-electron chi connectivity index (χ0n) is 10.6. The van der Waals surface area contributed by atoms with Crippen LogP contribution in [0.5, 0.6) is 0 Å². The summed E-state index contributed by atoms with van der Waals surface area (Å²) in [4.78, 5) is 10.6. The van der Waals surface area contributed by atoms with Crippen LogP contribution < -0.4 is 0 Å². The predicted octanol–water partition coefficient (Wildman–Crippen LogP) is 2.45. The minimum atomic E-state index is -3.21. The molecular formula is C14H12O5S. The van der Waals surface area contributed by atoms with Gasteiger partial charge in [0.2, 0.25) is 0 Å². The summed E-state index contributed by atoms with van der Waals surface area (Å²) in [5.74, 6) is -0.643. The number of aliphatic carboxylic acids is 1. The molecule has 2 rings (SSSR count). The third kappa shape index (κ3) is 3.36. The van der Waals surface area contributed by atoms with E-state index in [0.717, 1.165) is 23.5 Å².